The Balaban J connectivity index is 1.53. The molecule has 1 aliphatic rings. The number of amides is 1. The Morgan fingerprint density at radius 2 is 1.88 bits per heavy atom. The first-order chi connectivity index (χ1) is 16.0. The van der Waals surface area contributed by atoms with Crippen LogP contribution in [0.4, 0.5) is 0 Å². The van der Waals surface area contributed by atoms with Crippen LogP contribution in [-0.2, 0) is 12.8 Å². The molecule has 1 N–H and O–H groups in total. The van der Waals surface area contributed by atoms with Crippen LogP contribution in [0.25, 0.3) is 16.7 Å². The van der Waals surface area contributed by atoms with E-state index in [1.165, 1.54) is 22.7 Å². The van der Waals surface area contributed by atoms with Gasteiger partial charge in [-0.1, -0.05) is 54.8 Å². The second-order valence-electron chi connectivity index (χ2n) is 8.44. The standard InChI is InChI=1S/C24H24ClN5O2S/c1-29-22(32)19-12-9-16(21(31)26-18-5-3-2-4-6-18)13-20(19)30-23(29)27-28-24(30)33-14-15-7-10-17(25)11-8-15/h7-13,18H,2-6,14H2,1H3,(H,26,31). The predicted molar refractivity (Wildman–Crippen MR) is 131 cm³/mol. The Morgan fingerprint density at radius 1 is 1.12 bits per heavy atom. The van der Waals surface area contributed by atoms with Crippen molar-refractivity contribution in [3.8, 4) is 0 Å². The summed E-state index contributed by atoms with van der Waals surface area (Å²) >= 11 is 7.51. The first-order valence-electron chi connectivity index (χ1n) is 11.1. The van der Waals surface area contributed by atoms with Crippen LogP contribution in [0.2, 0.25) is 5.02 Å². The van der Waals surface area contributed by atoms with E-state index in [1.807, 2.05) is 28.7 Å². The van der Waals surface area contributed by atoms with Gasteiger partial charge in [0.25, 0.3) is 11.5 Å². The van der Waals surface area contributed by atoms with E-state index in [9.17, 15) is 9.59 Å². The molecule has 7 nitrogen and oxygen atoms in total. The smallest absolute Gasteiger partial charge is 0.262 e. The van der Waals surface area contributed by atoms with Gasteiger partial charge in [0.05, 0.1) is 10.9 Å². The summed E-state index contributed by atoms with van der Waals surface area (Å²) in [7, 11) is 1.68. The van der Waals surface area contributed by atoms with Crippen molar-refractivity contribution in [1.82, 2.24) is 24.5 Å². The molecule has 1 fully saturated rings. The molecule has 0 unspecified atom stereocenters. The lowest BCUT2D eigenvalue weighted by atomic mass is 9.95. The Bertz CT molecular complexity index is 1390. The van der Waals surface area contributed by atoms with Crippen LogP contribution in [0.15, 0.2) is 52.4 Å². The van der Waals surface area contributed by atoms with Crippen molar-refractivity contribution in [1.29, 1.82) is 0 Å². The second-order valence-corrected chi connectivity index (χ2v) is 9.82. The molecule has 0 radical (unpaired) electrons. The van der Waals surface area contributed by atoms with Crippen molar-refractivity contribution in [3.63, 3.8) is 0 Å². The van der Waals surface area contributed by atoms with Gasteiger partial charge in [0.15, 0.2) is 5.16 Å². The van der Waals surface area contributed by atoms with Gasteiger partial charge in [-0.15, -0.1) is 10.2 Å². The number of carbonyl (C=O) groups excluding carboxylic acids is 1. The lowest BCUT2D eigenvalue weighted by molar-refractivity contribution is 0.0928. The third kappa shape index (κ3) is 4.37. The fourth-order valence-electron chi connectivity index (χ4n) is 4.34. The molecule has 2 aromatic heterocycles. The van der Waals surface area contributed by atoms with E-state index in [2.05, 4.69) is 15.5 Å². The zero-order valence-electron chi connectivity index (χ0n) is 18.3. The Kier molecular flexibility index (Phi) is 6.12. The van der Waals surface area contributed by atoms with Crippen LogP contribution in [-0.4, -0.2) is 31.1 Å². The summed E-state index contributed by atoms with van der Waals surface area (Å²) < 4.78 is 3.35. The zero-order chi connectivity index (χ0) is 22.9. The molecule has 0 spiro atoms. The Morgan fingerprint density at radius 3 is 2.64 bits per heavy atom. The quantitative estimate of drug-likeness (QED) is 0.422. The van der Waals surface area contributed by atoms with E-state index < -0.39 is 0 Å². The summed E-state index contributed by atoms with van der Waals surface area (Å²) in [5.74, 6) is 1.00. The van der Waals surface area contributed by atoms with Gasteiger partial charge in [0, 0.05) is 29.4 Å². The van der Waals surface area contributed by atoms with Gasteiger partial charge in [0.2, 0.25) is 5.78 Å². The third-order valence-electron chi connectivity index (χ3n) is 6.17. The number of aromatic nitrogens is 4. The zero-order valence-corrected chi connectivity index (χ0v) is 19.8. The molecular weight excluding hydrogens is 458 g/mol. The van der Waals surface area contributed by atoms with Gasteiger partial charge in [-0.2, -0.15) is 0 Å². The van der Waals surface area contributed by atoms with E-state index in [1.54, 1.807) is 25.2 Å². The average Bonchev–Trinajstić information content (AvgIpc) is 3.27. The number of carbonyl (C=O) groups is 1. The molecule has 1 amide bonds. The largest absolute Gasteiger partial charge is 0.349 e. The number of nitrogens with zero attached hydrogens (tertiary/aromatic N) is 4. The maximum absolute atomic E-state index is 13.0. The molecule has 0 saturated heterocycles. The van der Waals surface area contributed by atoms with Crippen molar-refractivity contribution < 1.29 is 4.79 Å². The van der Waals surface area contributed by atoms with Crippen LogP contribution in [0.3, 0.4) is 0 Å². The summed E-state index contributed by atoms with van der Waals surface area (Å²) in [5, 5.41) is 13.6. The van der Waals surface area contributed by atoms with Crippen molar-refractivity contribution >= 4 is 46.0 Å². The summed E-state index contributed by atoms with van der Waals surface area (Å²) in [5.41, 5.74) is 2.10. The maximum atomic E-state index is 13.0. The molecule has 0 aliphatic heterocycles. The summed E-state index contributed by atoms with van der Waals surface area (Å²) in [6, 6.07) is 13.1. The first-order valence-corrected chi connectivity index (χ1v) is 12.4. The summed E-state index contributed by atoms with van der Waals surface area (Å²) in [6.45, 7) is 0. The minimum atomic E-state index is -0.168. The highest BCUT2D eigenvalue weighted by Gasteiger charge is 2.20. The van der Waals surface area contributed by atoms with Gasteiger partial charge in [-0.25, -0.2) is 0 Å². The summed E-state index contributed by atoms with van der Waals surface area (Å²) in [4.78, 5) is 25.9. The number of thioether (sulfide) groups is 1. The number of benzene rings is 2. The van der Waals surface area contributed by atoms with Crippen molar-refractivity contribution in [2.24, 2.45) is 7.05 Å². The molecule has 1 saturated carbocycles. The van der Waals surface area contributed by atoms with E-state index in [0.717, 1.165) is 31.2 Å². The molecule has 5 rings (SSSR count). The van der Waals surface area contributed by atoms with Crippen LogP contribution < -0.4 is 10.9 Å². The Labute approximate surface area is 200 Å². The fraction of sp³-hybridized carbons (Fsp3) is 0.333. The highest BCUT2D eigenvalue weighted by Crippen LogP contribution is 2.26. The van der Waals surface area contributed by atoms with E-state index in [4.69, 9.17) is 11.6 Å². The molecule has 4 aromatic rings. The van der Waals surface area contributed by atoms with Crippen LogP contribution in [0.5, 0.6) is 0 Å². The average molecular weight is 482 g/mol. The molecule has 170 valence electrons. The van der Waals surface area contributed by atoms with Crippen molar-refractivity contribution in [3.05, 3.63) is 69.0 Å². The maximum Gasteiger partial charge on any atom is 0.262 e. The third-order valence-corrected chi connectivity index (χ3v) is 7.43. The lowest BCUT2D eigenvalue weighted by Crippen LogP contribution is -2.36. The molecule has 2 aromatic carbocycles. The van der Waals surface area contributed by atoms with Gasteiger partial charge in [0.1, 0.15) is 0 Å². The van der Waals surface area contributed by atoms with Crippen LogP contribution in [0.1, 0.15) is 48.0 Å². The Hall–Kier alpha value is -2.84. The normalized spacial score (nSPS) is 14.7. The van der Waals surface area contributed by atoms with E-state index in [0.29, 0.717) is 38.2 Å². The van der Waals surface area contributed by atoms with E-state index >= 15 is 0 Å². The monoisotopic (exact) mass is 481 g/mol. The fourth-order valence-corrected chi connectivity index (χ4v) is 5.36. The molecule has 9 heteroatoms. The van der Waals surface area contributed by atoms with Gasteiger partial charge in [-0.3, -0.25) is 18.6 Å². The van der Waals surface area contributed by atoms with Gasteiger partial charge < -0.3 is 5.32 Å². The minimum absolute atomic E-state index is 0.110. The number of hydrogen-bond donors (Lipinski definition) is 1. The summed E-state index contributed by atoms with van der Waals surface area (Å²) in [6.07, 6.45) is 5.55. The predicted octanol–water partition coefficient (Wildman–Crippen LogP) is 4.59. The molecule has 1 aliphatic carbocycles. The van der Waals surface area contributed by atoms with Crippen LogP contribution in [0, 0.1) is 0 Å². The topological polar surface area (TPSA) is 81.3 Å². The number of fused-ring (bicyclic) bond motifs is 3. The number of nitrogens with one attached hydrogen (secondary N) is 1. The second kappa shape index (κ2) is 9.19. The minimum Gasteiger partial charge on any atom is -0.349 e. The molecular formula is C24H24ClN5O2S. The highest BCUT2D eigenvalue weighted by atomic mass is 35.5. The van der Waals surface area contributed by atoms with Gasteiger partial charge in [-0.05, 0) is 48.7 Å². The number of aryl methyl sites for hydroxylation is 1. The highest BCUT2D eigenvalue weighted by molar-refractivity contribution is 7.98. The first kappa shape index (κ1) is 22.0. The number of halogens is 1. The lowest BCUT2D eigenvalue weighted by Gasteiger charge is -2.22. The molecule has 2 heterocycles. The van der Waals surface area contributed by atoms with Crippen molar-refractivity contribution in [2.45, 2.75) is 49.1 Å². The SMILES string of the molecule is Cn1c(=O)c2ccc(C(=O)NC3CCCCC3)cc2n2c(SCc3ccc(Cl)cc3)nnc12. The van der Waals surface area contributed by atoms with Crippen LogP contribution >= 0.6 is 23.4 Å². The molecule has 33 heavy (non-hydrogen) atoms. The molecule has 0 atom stereocenters. The van der Waals surface area contributed by atoms with Crippen molar-refractivity contribution in [2.75, 3.05) is 0 Å². The van der Waals surface area contributed by atoms with Gasteiger partial charge >= 0.3 is 0 Å². The molecule has 0 bridgehead atoms. The number of rotatable bonds is 5. The number of hydrogen-bond acceptors (Lipinski definition) is 5. The van der Waals surface area contributed by atoms with E-state index in [-0.39, 0.29) is 17.5 Å².